The van der Waals surface area contributed by atoms with Crippen molar-refractivity contribution in [2.75, 3.05) is 19.3 Å². The summed E-state index contributed by atoms with van der Waals surface area (Å²) in [5.41, 5.74) is 6.58. The Labute approximate surface area is 106 Å². The lowest BCUT2D eigenvalue weighted by Gasteiger charge is -2.25. The highest BCUT2D eigenvalue weighted by molar-refractivity contribution is 5.97. The van der Waals surface area contributed by atoms with E-state index in [2.05, 4.69) is 10.2 Å². The van der Waals surface area contributed by atoms with Gasteiger partial charge in [-0.3, -0.25) is 9.89 Å². The van der Waals surface area contributed by atoms with E-state index in [9.17, 15) is 9.90 Å². The normalized spacial score (nSPS) is 15.8. The Kier molecular flexibility index (Phi) is 3.06. The van der Waals surface area contributed by atoms with Crippen LogP contribution in [0.3, 0.4) is 0 Å². The first-order chi connectivity index (χ1) is 8.29. The molecule has 4 N–H and O–H groups in total. The molecule has 1 saturated carbocycles. The molecule has 1 aliphatic rings. The van der Waals surface area contributed by atoms with E-state index in [1.807, 2.05) is 0 Å². The third kappa shape index (κ3) is 2.64. The number of rotatable bonds is 4. The summed E-state index contributed by atoms with van der Waals surface area (Å²) in [6, 6.07) is 0. The Bertz CT molecular complexity index is 457. The summed E-state index contributed by atoms with van der Waals surface area (Å²) < 4.78 is 0. The van der Waals surface area contributed by atoms with Crippen molar-refractivity contribution in [3.8, 4) is 0 Å². The molecule has 2 rings (SSSR count). The van der Waals surface area contributed by atoms with Crippen LogP contribution in [0.4, 0.5) is 5.69 Å². The first kappa shape index (κ1) is 12.9. The van der Waals surface area contributed by atoms with Crippen LogP contribution < -0.4 is 5.73 Å². The molecule has 6 nitrogen and oxygen atoms in total. The lowest BCUT2D eigenvalue weighted by molar-refractivity contribution is 0.0365. The third-order valence-electron chi connectivity index (χ3n) is 2.99. The first-order valence-electron chi connectivity index (χ1n) is 6.11. The SMILES string of the molecule is CN(CC(C)(C)O)C(=O)c1n[nH]c(C2CC2)c1N. The average Bonchev–Trinajstić information content (AvgIpc) is 2.99. The minimum atomic E-state index is -0.936. The number of nitrogens with one attached hydrogen (secondary N) is 1. The van der Waals surface area contributed by atoms with E-state index < -0.39 is 5.60 Å². The van der Waals surface area contributed by atoms with Gasteiger partial charge in [0.25, 0.3) is 5.91 Å². The maximum atomic E-state index is 12.2. The number of nitrogen functional groups attached to an aromatic ring is 1. The second-order valence-corrected chi connectivity index (χ2v) is 5.65. The summed E-state index contributed by atoms with van der Waals surface area (Å²) >= 11 is 0. The van der Waals surface area contributed by atoms with Gasteiger partial charge in [-0.25, -0.2) is 0 Å². The molecule has 1 aromatic heterocycles. The van der Waals surface area contributed by atoms with Gasteiger partial charge in [-0.1, -0.05) is 0 Å². The van der Waals surface area contributed by atoms with Gasteiger partial charge < -0.3 is 15.7 Å². The van der Waals surface area contributed by atoms with Gasteiger partial charge in [0.2, 0.25) is 0 Å². The van der Waals surface area contributed by atoms with Crippen LogP contribution in [0.15, 0.2) is 0 Å². The van der Waals surface area contributed by atoms with Crippen LogP contribution in [0.2, 0.25) is 0 Å². The molecule has 0 bridgehead atoms. The molecule has 0 spiro atoms. The summed E-state index contributed by atoms with van der Waals surface area (Å²) in [6.07, 6.45) is 2.19. The summed E-state index contributed by atoms with van der Waals surface area (Å²) in [5, 5.41) is 16.6. The number of hydrogen-bond donors (Lipinski definition) is 3. The predicted octanol–water partition coefficient (Wildman–Crippen LogP) is 0.712. The monoisotopic (exact) mass is 252 g/mol. The van der Waals surface area contributed by atoms with E-state index in [1.165, 1.54) is 4.90 Å². The van der Waals surface area contributed by atoms with Crippen LogP contribution >= 0.6 is 0 Å². The number of aliphatic hydroxyl groups is 1. The van der Waals surface area contributed by atoms with E-state index in [0.29, 0.717) is 11.6 Å². The molecule has 1 aliphatic carbocycles. The fourth-order valence-electron chi connectivity index (χ4n) is 2.04. The molecule has 18 heavy (non-hydrogen) atoms. The number of carbonyl (C=O) groups is 1. The smallest absolute Gasteiger partial charge is 0.276 e. The van der Waals surface area contributed by atoms with E-state index in [-0.39, 0.29) is 18.1 Å². The number of carbonyl (C=O) groups excluding carboxylic acids is 1. The highest BCUT2D eigenvalue weighted by Crippen LogP contribution is 2.42. The lowest BCUT2D eigenvalue weighted by atomic mass is 10.1. The molecule has 1 heterocycles. The lowest BCUT2D eigenvalue weighted by Crippen LogP contribution is -2.40. The number of nitrogens with zero attached hydrogens (tertiary/aromatic N) is 2. The fourth-order valence-corrected chi connectivity index (χ4v) is 2.04. The van der Waals surface area contributed by atoms with Gasteiger partial charge in [0, 0.05) is 19.5 Å². The molecule has 0 unspecified atom stereocenters. The summed E-state index contributed by atoms with van der Waals surface area (Å²) in [7, 11) is 1.63. The minimum Gasteiger partial charge on any atom is -0.395 e. The number of amides is 1. The van der Waals surface area contributed by atoms with Crippen molar-refractivity contribution in [1.29, 1.82) is 0 Å². The van der Waals surface area contributed by atoms with E-state index in [4.69, 9.17) is 5.73 Å². The average molecular weight is 252 g/mol. The minimum absolute atomic E-state index is 0.233. The van der Waals surface area contributed by atoms with Gasteiger partial charge in [0.1, 0.15) is 0 Å². The zero-order chi connectivity index (χ0) is 13.5. The van der Waals surface area contributed by atoms with Gasteiger partial charge in [0.15, 0.2) is 5.69 Å². The topological polar surface area (TPSA) is 95.2 Å². The van der Waals surface area contributed by atoms with E-state index in [1.54, 1.807) is 20.9 Å². The summed E-state index contributed by atoms with van der Waals surface area (Å²) in [4.78, 5) is 13.6. The highest BCUT2D eigenvalue weighted by atomic mass is 16.3. The van der Waals surface area contributed by atoms with Gasteiger partial charge in [-0.2, -0.15) is 5.10 Å². The maximum absolute atomic E-state index is 12.2. The zero-order valence-corrected chi connectivity index (χ0v) is 11.0. The van der Waals surface area contributed by atoms with Gasteiger partial charge in [0.05, 0.1) is 17.0 Å². The van der Waals surface area contributed by atoms with Crippen LogP contribution in [-0.4, -0.2) is 45.3 Å². The zero-order valence-electron chi connectivity index (χ0n) is 11.0. The van der Waals surface area contributed by atoms with Crippen LogP contribution in [0, 0.1) is 0 Å². The Morgan fingerprint density at radius 2 is 2.22 bits per heavy atom. The molecule has 0 aromatic carbocycles. The second kappa shape index (κ2) is 4.28. The van der Waals surface area contributed by atoms with Crippen LogP contribution in [0.5, 0.6) is 0 Å². The molecular weight excluding hydrogens is 232 g/mol. The number of likely N-dealkylation sites (N-methyl/N-ethyl adjacent to an activating group) is 1. The van der Waals surface area contributed by atoms with Gasteiger partial charge >= 0.3 is 0 Å². The molecule has 0 aliphatic heterocycles. The first-order valence-corrected chi connectivity index (χ1v) is 6.11. The van der Waals surface area contributed by atoms with Crippen molar-refractivity contribution in [2.45, 2.75) is 38.2 Å². The molecule has 0 saturated heterocycles. The Balaban J connectivity index is 2.13. The Morgan fingerprint density at radius 1 is 1.61 bits per heavy atom. The predicted molar refractivity (Wildman–Crippen MR) is 68.2 cm³/mol. The van der Waals surface area contributed by atoms with Crippen molar-refractivity contribution in [3.05, 3.63) is 11.4 Å². The van der Waals surface area contributed by atoms with Crippen LogP contribution in [0.25, 0.3) is 0 Å². The standard InChI is InChI=1S/C12H20N4O2/c1-12(2,18)6-16(3)11(17)10-8(13)9(14-15-10)7-4-5-7/h7,18H,4-6,13H2,1-3H3,(H,14,15). The quantitative estimate of drug-likeness (QED) is 0.735. The number of anilines is 1. The highest BCUT2D eigenvalue weighted by Gasteiger charge is 2.31. The second-order valence-electron chi connectivity index (χ2n) is 5.65. The third-order valence-corrected chi connectivity index (χ3v) is 2.99. The van der Waals surface area contributed by atoms with E-state index >= 15 is 0 Å². The number of aromatic nitrogens is 2. The Hall–Kier alpha value is -1.56. The number of hydrogen-bond acceptors (Lipinski definition) is 4. The van der Waals surface area contributed by atoms with Crippen molar-refractivity contribution < 1.29 is 9.90 Å². The molecular formula is C12H20N4O2. The number of aromatic amines is 1. The van der Waals surface area contributed by atoms with Gasteiger partial charge in [-0.05, 0) is 26.7 Å². The van der Waals surface area contributed by atoms with Crippen LogP contribution in [0.1, 0.15) is 48.8 Å². The summed E-state index contributed by atoms with van der Waals surface area (Å²) in [5.74, 6) is 0.163. The Morgan fingerprint density at radius 3 is 2.72 bits per heavy atom. The molecule has 1 aromatic rings. The molecule has 0 radical (unpaired) electrons. The molecule has 0 atom stereocenters. The van der Waals surface area contributed by atoms with Crippen molar-refractivity contribution in [3.63, 3.8) is 0 Å². The van der Waals surface area contributed by atoms with Gasteiger partial charge in [-0.15, -0.1) is 0 Å². The molecule has 100 valence electrons. The maximum Gasteiger partial charge on any atom is 0.276 e. The van der Waals surface area contributed by atoms with Crippen molar-refractivity contribution in [1.82, 2.24) is 15.1 Å². The van der Waals surface area contributed by atoms with E-state index in [0.717, 1.165) is 18.5 Å². The van der Waals surface area contributed by atoms with Crippen LogP contribution in [-0.2, 0) is 0 Å². The fraction of sp³-hybridized carbons (Fsp3) is 0.667. The molecule has 1 amide bonds. The largest absolute Gasteiger partial charge is 0.395 e. The number of nitrogens with two attached hydrogens (primary N) is 1. The van der Waals surface area contributed by atoms with Crippen molar-refractivity contribution >= 4 is 11.6 Å². The van der Waals surface area contributed by atoms with Crippen molar-refractivity contribution in [2.24, 2.45) is 0 Å². The molecule has 6 heteroatoms. The summed E-state index contributed by atoms with van der Waals surface area (Å²) in [6.45, 7) is 3.54. The molecule has 1 fully saturated rings. The number of H-pyrrole nitrogens is 1.